The number of hydrogen-bond donors (Lipinski definition) is 1. The maximum Gasteiger partial charge on any atom is 0.244 e. The number of nitrogens with one attached hydrogen (secondary N) is 1. The number of ether oxygens (including phenoxy) is 1. The second-order valence-electron chi connectivity index (χ2n) is 4.85. The van der Waals surface area contributed by atoms with Gasteiger partial charge >= 0.3 is 0 Å². The SMILES string of the molecule is CCn1cc(S(=O)(=O)N2CCCOCC2)cc1CNC. The molecule has 0 saturated carbocycles. The summed E-state index contributed by atoms with van der Waals surface area (Å²) in [5.74, 6) is 0. The molecule has 6 nitrogen and oxygen atoms in total. The van der Waals surface area contributed by atoms with Crippen molar-refractivity contribution in [2.24, 2.45) is 0 Å². The van der Waals surface area contributed by atoms with Crippen LogP contribution in [0.25, 0.3) is 0 Å². The number of aryl methyl sites for hydroxylation is 1. The van der Waals surface area contributed by atoms with Gasteiger partial charge in [0.2, 0.25) is 10.0 Å². The fourth-order valence-corrected chi connectivity index (χ4v) is 3.93. The summed E-state index contributed by atoms with van der Waals surface area (Å²) in [4.78, 5) is 0.381. The average molecular weight is 301 g/mol. The minimum atomic E-state index is -3.41. The monoisotopic (exact) mass is 301 g/mol. The predicted molar refractivity (Wildman–Crippen MR) is 77.1 cm³/mol. The summed E-state index contributed by atoms with van der Waals surface area (Å²) in [6, 6.07) is 1.76. The van der Waals surface area contributed by atoms with Crippen LogP contribution in [0.3, 0.4) is 0 Å². The molecule has 7 heteroatoms. The van der Waals surface area contributed by atoms with Crippen LogP contribution < -0.4 is 5.32 Å². The summed E-state index contributed by atoms with van der Waals surface area (Å²) in [5.41, 5.74) is 0.986. The minimum absolute atomic E-state index is 0.381. The van der Waals surface area contributed by atoms with E-state index in [1.54, 1.807) is 12.3 Å². The van der Waals surface area contributed by atoms with Crippen molar-refractivity contribution in [2.75, 3.05) is 33.4 Å². The fraction of sp³-hybridized carbons (Fsp3) is 0.692. The quantitative estimate of drug-likeness (QED) is 0.867. The van der Waals surface area contributed by atoms with Gasteiger partial charge in [0.1, 0.15) is 4.90 Å². The van der Waals surface area contributed by atoms with Gasteiger partial charge in [-0.05, 0) is 26.5 Å². The van der Waals surface area contributed by atoms with Crippen LogP contribution >= 0.6 is 0 Å². The molecule has 0 aliphatic carbocycles. The van der Waals surface area contributed by atoms with Gasteiger partial charge in [-0.2, -0.15) is 4.31 Å². The molecular weight excluding hydrogens is 278 g/mol. The minimum Gasteiger partial charge on any atom is -0.380 e. The van der Waals surface area contributed by atoms with E-state index >= 15 is 0 Å². The summed E-state index contributed by atoms with van der Waals surface area (Å²) in [6.07, 6.45) is 2.48. The molecule has 1 saturated heterocycles. The molecule has 1 aliphatic rings. The molecule has 0 aromatic carbocycles. The maximum atomic E-state index is 12.7. The normalized spacial score (nSPS) is 18.1. The zero-order valence-corrected chi connectivity index (χ0v) is 12.9. The molecule has 1 aliphatic heterocycles. The Bertz CT molecular complexity index is 531. The van der Waals surface area contributed by atoms with Crippen LogP contribution in [0, 0.1) is 0 Å². The topological polar surface area (TPSA) is 63.6 Å². The van der Waals surface area contributed by atoms with Gasteiger partial charge in [-0.1, -0.05) is 0 Å². The highest BCUT2D eigenvalue weighted by Crippen LogP contribution is 2.20. The molecule has 20 heavy (non-hydrogen) atoms. The van der Waals surface area contributed by atoms with Gasteiger partial charge in [0, 0.05) is 44.7 Å². The second-order valence-corrected chi connectivity index (χ2v) is 6.79. The van der Waals surface area contributed by atoms with E-state index < -0.39 is 10.0 Å². The summed E-state index contributed by atoms with van der Waals surface area (Å²) < 4.78 is 34.1. The second kappa shape index (κ2) is 6.71. The van der Waals surface area contributed by atoms with E-state index in [1.165, 1.54) is 4.31 Å². The van der Waals surface area contributed by atoms with Crippen LogP contribution in [-0.2, 0) is 27.8 Å². The van der Waals surface area contributed by atoms with Crippen LogP contribution in [0.4, 0.5) is 0 Å². The van der Waals surface area contributed by atoms with Gasteiger partial charge in [-0.25, -0.2) is 8.42 Å². The lowest BCUT2D eigenvalue weighted by Gasteiger charge is -2.18. The van der Waals surface area contributed by atoms with Crippen LogP contribution in [0.1, 0.15) is 19.0 Å². The first-order valence-corrected chi connectivity index (χ1v) is 8.45. The number of rotatable bonds is 5. The summed E-state index contributed by atoms with van der Waals surface area (Å²) in [6.45, 7) is 5.49. The Morgan fingerprint density at radius 1 is 1.35 bits per heavy atom. The van der Waals surface area contributed by atoms with Crippen molar-refractivity contribution in [3.63, 3.8) is 0 Å². The predicted octanol–water partition coefficient (Wildman–Crippen LogP) is 0.638. The van der Waals surface area contributed by atoms with Crippen LogP contribution in [-0.4, -0.2) is 50.6 Å². The third-order valence-electron chi connectivity index (χ3n) is 3.48. The van der Waals surface area contributed by atoms with Crippen molar-refractivity contribution in [3.8, 4) is 0 Å². The maximum absolute atomic E-state index is 12.7. The summed E-state index contributed by atoms with van der Waals surface area (Å²) in [5, 5.41) is 3.06. The van der Waals surface area contributed by atoms with E-state index in [1.807, 2.05) is 18.5 Å². The molecular formula is C13H23N3O3S. The molecule has 0 atom stereocenters. The molecule has 1 aromatic heterocycles. The Hall–Kier alpha value is -0.890. The van der Waals surface area contributed by atoms with Crippen LogP contribution in [0.2, 0.25) is 0 Å². The third kappa shape index (κ3) is 3.22. The fourth-order valence-electron chi connectivity index (χ4n) is 2.40. The van der Waals surface area contributed by atoms with E-state index in [0.717, 1.165) is 18.7 Å². The highest BCUT2D eigenvalue weighted by Gasteiger charge is 2.27. The Balaban J connectivity index is 2.28. The van der Waals surface area contributed by atoms with Gasteiger partial charge in [0.25, 0.3) is 0 Å². The lowest BCUT2D eigenvalue weighted by atomic mass is 10.4. The number of aromatic nitrogens is 1. The third-order valence-corrected chi connectivity index (χ3v) is 5.34. The van der Waals surface area contributed by atoms with Gasteiger partial charge in [0.15, 0.2) is 0 Å². The molecule has 0 unspecified atom stereocenters. The smallest absolute Gasteiger partial charge is 0.244 e. The first kappa shape index (κ1) is 15.5. The van der Waals surface area contributed by atoms with Crippen molar-refractivity contribution in [2.45, 2.75) is 31.3 Å². The van der Waals surface area contributed by atoms with E-state index in [0.29, 0.717) is 37.7 Å². The van der Waals surface area contributed by atoms with E-state index in [2.05, 4.69) is 5.32 Å². The van der Waals surface area contributed by atoms with E-state index in [9.17, 15) is 8.42 Å². The Morgan fingerprint density at radius 2 is 2.15 bits per heavy atom. The van der Waals surface area contributed by atoms with Crippen molar-refractivity contribution in [1.29, 1.82) is 0 Å². The summed E-state index contributed by atoms with van der Waals surface area (Å²) in [7, 11) is -1.56. The molecule has 0 bridgehead atoms. The highest BCUT2D eigenvalue weighted by atomic mass is 32.2. The highest BCUT2D eigenvalue weighted by molar-refractivity contribution is 7.89. The average Bonchev–Trinajstić information content (AvgIpc) is 2.66. The zero-order chi connectivity index (χ0) is 14.6. The number of hydrogen-bond acceptors (Lipinski definition) is 4. The number of nitrogens with zero attached hydrogens (tertiary/aromatic N) is 2. The van der Waals surface area contributed by atoms with Gasteiger partial charge < -0.3 is 14.6 Å². The van der Waals surface area contributed by atoms with Gasteiger partial charge in [-0.3, -0.25) is 0 Å². The molecule has 1 aromatic rings. The largest absolute Gasteiger partial charge is 0.380 e. The lowest BCUT2D eigenvalue weighted by molar-refractivity contribution is 0.148. The Morgan fingerprint density at radius 3 is 2.85 bits per heavy atom. The molecule has 2 rings (SSSR count). The lowest BCUT2D eigenvalue weighted by Crippen LogP contribution is -2.33. The van der Waals surface area contributed by atoms with Crippen molar-refractivity contribution in [1.82, 2.24) is 14.2 Å². The molecule has 1 N–H and O–H groups in total. The molecule has 0 spiro atoms. The van der Waals surface area contributed by atoms with E-state index in [-0.39, 0.29) is 0 Å². The van der Waals surface area contributed by atoms with Crippen molar-refractivity contribution < 1.29 is 13.2 Å². The zero-order valence-electron chi connectivity index (χ0n) is 12.1. The van der Waals surface area contributed by atoms with Gasteiger partial charge in [-0.15, -0.1) is 0 Å². The van der Waals surface area contributed by atoms with Crippen LogP contribution in [0.5, 0.6) is 0 Å². The Kier molecular flexibility index (Phi) is 5.20. The molecule has 0 amide bonds. The summed E-state index contributed by atoms with van der Waals surface area (Å²) >= 11 is 0. The Labute approximate surface area is 120 Å². The molecule has 2 heterocycles. The van der Waals surface area contributed by atoms with Crippen LogP contribution in [0.15, 0.2) is 17.2 Å². The molecule has 1 fully saturated rings. The standard InChI is InChI=1S/C13H23N3O3S/c1-3-15-11-13(9-12(15)10-14-2)20(17,18)16-5-4-7-19-8-6-16/h9,11,14H,3-8,10H2,1-2H3. The van der Waals surface area contributed by atoms with E-state index in [4.69, 9.17) is 4.74 Å². The molecule has 0 radical (unpaired) electrons. The first-order valence-electron chi connectivity index (χ1n) is 7.01. The first-order chi connectivity index (χ1) is 9.59. The van der Waals surface area contributed by atoms with Gasteiger partial charge in [0.05, 0.1) is 6.61 Å². The number of sulfonamides is 1. The van der Waals surface area contributed by atoms with Crippen molar-refractivity contribution >= 4 is 10.0 Å². The molecule has 114 valence electrons. The van der Waals surface area contributed by atoms with Crippen molar-refractivity contribution in [3.05, 3.63) is 18.0 Å².